The quantitative estimate of drug-likeness (QED) is 0.929. The van der Waals surface area contributed by atoms with E-state index in [1.165, 1.54) is 16.8 Å². The van der Waals surface area contributed by atoms with Crippen LogP contribution in [0.5, 0.6) is 5.75 Å². The summed E-state index contributed by atoms with van der Waals surface area (Å²) < 4.78 is 5.75. The predicted octanol–water partition coefficient (Wildman–Crippen LogP) is 2.32. The minimum atomic E-state index is 0.421. The van der Waals surface area contributed by atoms with Crippen molar-refractivity contribution in [1.29, 1.82) is 0 Å². The first-order chi connectivity index (χ1) is 9.72. The summed E-state index contributed by atoms with van der Waals surface area (Å²) in [5.74, 6) is 1.62. The Morgan fingerprint density at radius 1 is 1.15 bits per heavy atom. The number of rotatable bonds is 3. The zero-order valence-corrected chi connectivity index (χ0v) is 11.9. The van der Waals surface area contributed by atoms with Gasteiger partial charge >= 0.3 is 0 Å². The number of ether oxygens (including phenoxy) is 1. The van der Waals surface area contributed by atoms with Gasteiger partial charge in [-0.25, -0.2) is 9.97 Å². The third kappa shape index (κ3) is 2.80. The molecule has 0 unspecified atom stereocenters. The van der Waals surface area contributed by atoms with Crippen LogP contribution in [0.1, 0.15) is 28.3 Å². The molecule has 0 amide bonds. The van der Waals surface area contributed by atoms with Crippen molar-refractivity contribution in [3.8, 4) is 5.75 Å². The van der Waals surface area contributed by atoms with Gasteiger partial charge in [0.05, 0.1) is 5.69 Å². The van der Waals surface area contributed by atoms with Gasteiger partial charge in [0.15, 0.2) is 5.82 Å². The third-order valence-electron chi connectivity index (χ3n) is 3.58. The molecule has 1 aromatic carbocycles. The number of benzene rings is 1. The lowest BCUT2D eigenvalue weighted by molar-refractivity contribution is 0.294. The smallest absolute Gasteiger partial charge is 0.166 e. The summed E-state index contributed by atoms with van der Waals surface area (Å²) in [6.45, 7) is 6.39. The summed E-state index contributed by atoms with van der Waals surface area (Å²) >= 11 is 0. The SMILES string of the molecule is Cc1ccc(OCc2nc(C)c3c(n2)CCNC3)cc1. The van der Waals surface area contributed by atoms with Gasteiger partial charge in [0.1, 0.15) is 12.4 Å². The van der Waals surface area contributed by atoms with E-state index >= 15 is 0 Å². The molecule has 2 heterocycles. The minimum Gasteiger partial charge on any atom is -0.486 e. The second-order valence-electron chi connectivity index (χ2n) is 5.18. The fraction of sp³-hybridized carbons (Fsp3) is 0.375. The third-order valence-corrected chi connectivity index (χ3v) is 3.58. The van der Waals surface area contributed by atoms with Crippen LogP contribution in [0.3, 0.4) is 0 Å². The monoisotopic (exact) mass is 269 g/mol. The largest absolute Gasteiger partial charge is 0.486 e. The van der Waals surface area contributed by atoms with Crippen molar-refractivity contribution in [2.24, 2.45) is 0 Å². The number of aromatic nitrogens is 2. The molecule has 0 spiro atoms. The molecule has 20 heavy (non-hydrogen) atoms. The Morgan fingerprint density at radius 2 is 1.95 bits per heavy atom. The second kappa shape index (κ2) is 5.59. The van der Waals surface area contributed by atoms with Gasteiger partial charge in [-0.15, -0.1) is 0 Å². The van der Waals surface area contributed by atoms with Crippen molar-refractivity contribution < 1.29 is 4.74 Å². The van der Waals surface area contributed by atoms with Crippen LogP contribution in [0.2, 0.25) is 0 Å². The average Bonchev–Trinajstić information content (AvgIpc) is 2.47. The molecule has 0 radical (unpaired) electrons. The molecule has 4 heteroatoms. The molecule has 104 valence electrons. The van der Waals surface area contributed by atoms with Crippen molar-refractivity contribution in [3.63, 3.8) is 0 Å². The van der Waals surface area contributed by atoms with Gasteiger partial charge in [-0.05, 0) is 26.0 Å². The van der Waals surface area contributed by atoms with Gasteiger partial charge in [-0.1, -0.05) is 17.7 Å². The van der Waals surface area contributed by atoms with Crippen molar-refractivity contribution >= 4 is 0 Å². The average molecular weight is 269 g/mol. The van der Waals surface area contributed by atoms with Gasteiger partial charge in [0.25, 0.3) is 0 Å². The summed E-state index contributed by atoms with van der Waals surface area (Å²) in [6.07, 6.45) is 0.968. The molecule has 1 aromatic heterocycles. The van der Waals surface area contributed by atoms with Crippen molar-refractivity contribution in [2.75, 3.05) is 6.54 Å². The van der Waals surface area contributed by atoms with E-state index < -0.39 is 0 Å². The van der Waals surface area contributed by atoms with E-state index in [9.17, 15) is 0 Å². The van der Waals surface area contributed by atoms with Crippen LogP contribution < -0.4 is 10.1 Å². The molecule has 1 aliphatic heterocycles. The van der Waals surface area contributed by atoms with Crippen LogP contribution >= 0.6 is 0 Å². The minimum absolute atomic E-state index is 0.421. The summed E-state index contributed by atoms with van der Waals surface area (Å²) in [4.78, 5) is 9.17. The maximum absolute atomic E-state index is 5.75. The number of hydrogen-bond donors (Lipinski definition) is 1. The first kappa shape index (κ1) is 13.1. The van der Waals surface area contributed by atoms with Gasteiger partial charge in [0.2, 0.25) is 0 Å². The Hall–Kier alpha value is -1.94. The second-order valence-corrected chi connectivity index (χ2v) is 5.18. The van der Waals surface area contributed by atoms with Crippen LogP contribution in [0.25, 0.3) is 0 Å². The lowest BCUT2D eigenvalue weighted by Crippen LogP contribution is -2.26. The van der Waals surface area contributed by atoms with Crippen molar-refractivity contribution in [3.05, 3.63) is 52.6 Å². The van der Waals surface area contributed by atoms with Crippen LogP contribution in [-0.2, 0) is 19.6 Å². The first-order valence-corrected chi connectivity index (χ1v) is 6.98. The molecule has 0 aliphatic carbocycles. The van der Waals surface area contributed by atoms with E-state index in [1.807, 2.05) is 31.2 Å². The number of nitrogens with zero attached hydrogens (tertiary/aromatic N) is 2. The molecule has 1 N–H and O–H groups in total. The maximum Gasteiger partial charge on any atom is 0.166 e. The fourth-order valence-corrected chi connectivity index (χ4v) is 2.42. The van der Waals surface area contributed by atoms with Crippen molar-refractivity contribution in [1.82, 2.24) is 15.3 Å². The van der Waals surface area contributed by atoms with Gasteiger partial charge < -0.3 is 10.1 Å². The topological polar surface area (TPSA) is 47.0 Å². The molecule has 1 aliphatic rings. The normalized spacial score (nSPS) is 13.9. The van der Waals surface area contributed by atoms with Crippen LogP contribution in [0.15, 0.2) is 24.3 Å². The number of fused-ring (bicyclic) bond motifs is 1. The van der Waals surface area contributed by atoms with Crippen LogP contribution in [0, 0.1) is 13.8 Å². The van der Waals surface area contributed by atoms with Crippen LogP contribution in [0.4, 0.5) is 0 Å². The highest BCUT2D eigenvalue weighted by Crippen LogP contribution is 2.17. The van der Waals surface area contributed by atoms with E-state index in [0.29, 0.717) is 6.61 Å². The lowest BCUT2D eigenvalue weighted by Gasteiger charge is -2.18. The van der Waals surface area contributed by atoms with E-state index in [4.69, 9.17) is 4.74 Å². The highest BCUT2D eigenvalue weighted by atomic mass is 16.5. The summed E-state index contributed by atoms with van der Waals surface area (Å²) in [6, 6.07) is 8.04. The Labute approximate surface area is 119 Å². The molecule has 0 saturated heterocycles. The molecular formula is C16H19N3O. The molecule has 0 bridgehead atoms. The molecular weight excluding hydrogens is 250 g/mol. The van der Waals surface area contributed by atoms with E-state index in [1.54, 1.807) is 0 Å². The highest BCUT2D eigenvalue weighted by Gasteiger charge is 2.15. The van der Waals surface area contributed by atoms with E-state index in [0.717, 1.165) is 36.8 Å². The van der Waals surface area contributed by atoms with E-state index in [2.05, 4.69) is 22.2 Å². The van der Waals surface area contributed by atoms with E-state index in [-0.39, 0.29) is 0 Å². The van der Waals surface area contributed by atoms with Crippen LogP contribution in [-0.4, -0.2) is 16.5 Å². The zero-order chi connectivity index (χ0) is 13.9. The first-order valence-electron chi connectivity index (χ1n) is 6.98. The highest BCUT2D eigenvalue weighted by molar-refractivity contribution is 5.28. The fourth-order valence-electron chi connectivity index (χ4n) is 2.42. The molecule has 3 rings (SSSR count). The number of aryl methyl sites for hydroxylation is 2. The summed E-state index contributed by atoms with van der Waals surface area (Å²) in [7, 11) is 0. The Bertz CT molecular complexity index is 608. The molecule has 2 aromatic rings. The Morgan fingerprint density at radius 3 is 2.75 bits per heavy atom. The van der Waals surface area contributed by atoms with Gasteiger partial charge in [0, 0.05) is 30.8 Å². The Kier molecular flexibility index (Phi) is 3.65. The van der Waals surface area contributed by atoms with Crippen molar-refractivity contribution in [2.45, 2.75) is 33.4 Å². The molecule has 0 fully saturated rings. The Balaban J connectivity index is 1.74. The zero-order valence-electron chi connectivity index (χ0n) is 11.9. The summed E-state index contributed by atoms with van der Waals surface area (Å²) in [5, 5.41) is 3.35. The summed E-state index contributed by atoms with van der Waals surface area (Å²) in [5.41, 5.74) is 4.70. The predicted molar refractivity (Wildman–Crippen MR) is 77.7 cm³/mol. The number of nitrogens with one attached hydrogen (secondary N) is 1. The molecule has 0 saturated carbocycles. The number of hydrogen-bond acceptors (Lipinski definition) is 4. The van der Waals surface area contributed by atoms with Gasteiger partial charge in [-0.2, -0.15) is 0 Å². The molecule has 0 atom stereocenters. The maximum atomic E-state index is 5.75. The standard InChI is InChI=1S/C16H19N3O/c1-11-3-5-13(6-4-11)20-10-16-18-12(2)14-9-17-8-7-15(14)19-16/h3-6,17H,7-10H2,1-2H3. The van der Waals surface area contributed by atoms with Gasteiger partial charge in [-0.3, -0.25) is 0 Å². The lowest BCUT2D eigenvalue weighted by atomic mass is 10.1. The molecule has 4 nitrogen and oxygen atoms in total.